The number of thioether (sulfide) groups is 1. The van der Waals surface area contributed by atoms with Gasteiger partial charge in [-0.3, -0.25) is 14.4 Å². The summed E-state index contributed by atoms with van der Waals surface area (Å²) in [7, 11) is 0. The lowest BCUT2D eigenvalue weighted by Crippen LogP contribution is -2.46. The minimum Gasteiger partial charge on any atom is -0.481 e. The number of aliphatic carboxylic acids is 1. The number of carbonyl (C=O) groups is 3. The summed E-state index contributed by atoms with van der Waals surface area (Å²) in [5, 5.41) is 9.06. The number of nitrogens with zero attached hydrogens (tertiary/aromatic N) is 2. The van der Waals surface area contributed by atoms with Crippen LogP contribution in [-0.4, -0.2) is 63.5 Å². The molecule has 2 heterocycles. The fourth-order valence-electron chi connectivity index (χ4n) is 2.77. The number of piperidine rings is 1. The van der Waals surface area contributed by atoms with Crippen LogP contribution < -0.4 is 0 Å². The van der Waals surface area contributed by atoms with Crippen LogP contribution in [0.4, 0.5) is 4.79 Å². The molecule has 2 unspecified atom stereocenters. The van der Waals surface area contributed by atoms with Gasteiger partial charge in [-0.05, 0) is 19.8 Å². The van der Waals surface area contributed by atoms with Crippen molar-refractivity contribution in [2.45, 2.75) is 32.2 Å². The second-order valence-electron chi connectivity index (χ2n) is 5.35. The molecule has 2 fully saturated rings. The van der Waals surface area contributed by atoms with Crippen molar-refractivity contribution in [3.05, 3.63) is 0 Å². The fraction of sp³-hybridized carbons (Fsp3) is 0.769. The lowest BCUT2D eigenvalue weighted by Gasteiger charge is -2.36. The second-order valence-corrected chi connectivity index (χ2v) is 6.39. The number of carbonyl (C=O) groups excluding carboxylic acids is 2. The summed E-state index contributed by atoms with van der Waals surface area (Å²) in [6, 6.07) is -0.0407. The molecule has 0 spiro atoms. The van der Waals surface area contributed by atoms with E-state index in [2.05, 4.69) is 0 Å². The zero-order valence-corrected chi connectivity index (χ0v) is 12.4. The minimum absolute atomic E-state index is 0.0195. The number of amides is 2. The van der Waals surface area contributed by atoms with Gasteiger partial charge in [0.05, 0.1) is 5.92 Å². The van der Waals surface area contributed by atoms with Crippen LogP contribution in [0.15, 0.2) is 0 Å². The third kappa shape index (κ3) is 3.45. The quantitative estimate of drug-likeness (QED) is 0.845. The van der Waals surface area contributed by atoms with Crippen LogP contribution in [0.2, 0.25) is 0 Å². The Morgan fingerprint density at radius 3 is 2.70 bits per heavy atom. The number of hydrogen-bond acceptors (Lipinski definition) is 4. The van der Waals surface area contributed by atoms with Crippen molar-refractivity contribution < 1.29 is 19.5 Å². The summed E-state index contributed by atoms with van der Waals surface area (Å²) >= 11 is 1.29. The van der Waals surface area contributed by atoms with E-state index in [1.54, 1.807) is 9.80 Å². The highest BCUT2D eigenvalue weighted by atomic mass is 32.2. The normalized spacial score (nSPS) is 26.9. The Morgan fingerprint density at radius 2 is 2.15 bits per heavy atom. The molecule has 0 saturated carbocycles. The summed E-state index contributed by atoms with van der Waals surface area (Å²) < 4.78 is 0. The first-order valence-corrected chi connectivity index (χ1v) is 7.91. The summed E-state index contributed by atoms with van der Waals surface area (Å²) in [6.45, 7) is 3.58. The maximum atomic E-state index is 12.2. The topological polar surface area (TPSA) is 77.9 Å². The van der Waals surface area contributed by atoms with Gasteiger partial charge in [0.2, 0.25) is 5.91 Å². The van der Waals surface area contributed by atoms with Gasteiger partial charge in [0.25, 0.3) is 5.24 Å². The Balaban J connectivity index is 1.81. The van der Waals surface area contributed by atoms with Crippen LogP contribution in [0.25, 0.3) is 0 Å². The van der Waals surface area contributed by atoms with E-state index in [0.29, 0.717) is 38.9 Å². The Kier molecular flexibility index (Phi) is 4.91. The highest BCUT2D eigenvalue weighted by Gasteiger charge is 2.32. The molecule has 0 aromatic carbocycles. The van der Waals surface area contributed by atoms with E-state index < -0.39 is 5.97 Å². The molecule has 0 aliphatic carbocycles. The summed E-state index contributed by atoms with van der Waals surface area (Å²) in [4.78, 5) is 38.1. The summed E-state index contributed by atoms with van der Waals surface area (Å²) in [5.74, 6) is -0.298. The van der Waals surface area contributed by atoms with Crippen molar-refractivity contribution in [1.82, 2.24) is 9.80 Å². The van der Waals surface area contributed by atoms with Gasteiger partial charge in [-0.25, -0.2) is 0 Å². The Labute approximate surface area is 122 Å². The molecular formula is C13H20N2O4S. The molecule has 112 valence electrons. The van der Waals surface area contributed by atoms with Crippen LogP contribution in [0.3, 0.4) is 0 Å². The summed E-state index contributed by atoms with van der Waals surface area (Å²) in [6.07, 6.45) is 1.36. The van der Waals surface area contributed by atoms with Gasteiger partial charge in [-0.2, -0.15) is 0 Å². The average Bonchev–Trinajstić information content (AvgIpc) is 2.81. The van der Waals surface area contributed by atoms with Gasteiger partial charge in [-0.1, -0.05) is 11.8 Å². The molecule has 2 aliphatic rings. The van der Waals surface area contributed by atoms with Gasteiger partial charge >= 0.3 is 5.97 Å². The highest BCUT2D eigenvalue weighted by Crippen LogP contribution is 2.24. The molecule has 2 atom stereocenters. The molecule has 1 N–H and O–H groups in total. The van der Waals surface area contributed by atoms with Gasteiger partial charge in [0.1, 0.15) is 0 Å². The van der Waals surface area contributed by atoms with Crippen molar-refractivity contribution in [1.29, 1.82) is 0 Å². The molecular weight excluding hydrogens is 280 g/mol. The van der Waals surface area contributed by atoms with E-state index in [1.165, 1.54) is 11.8 Å². The number of likely N-dealkylation sites (tertiary alicyclic amines) is 1. The van der Waals surface area contributed by atoms with E-state index in [9.17, 15) is 14.4 Å². The predicted molar refractivity (Wildman–Crippen MR) is 75.6 cm³/mol. The molecule has 20 heavy (non-hydrogen) atoms. The van der Waals surface area contributed by atoms with Crippen molar-refractivity contribution in [3.8, 4) is 0 Å². The van der Waals surface area contributed by atoms with E-state index >= 15 is 0 Å². The van der Waals surface area contributed by atoms with Crippen LogP contribution in [0, 0.1) is 5.92 Å². The van der Waals surface area contributed by atoms with E-state index in [4.69, 9.17) is 5.11 Å². The van der Waals surface area contributed by atoms with Crippen LogP contribution >= 0.6 is 11.8 Å². The number of hydrogen-bond donors (Lipinski definition) is 1. The third-order valence-corrected chi connectivity index (χ3v) is 4.88. The van der Waals surface area contributed by atoms with Crippen molar-refractivity contribution in [2.24, 2.45) is 5.92 Å². The van der Waals surface area contributed by atoms with E-state index in [0.717, 1.165) is 5.75 Å². The zero-order valence-electron chi connectivity index (χ0n) is 11.6. The van der Waals surface area contributed by atoms with Crippen molar-refractivity contribution in [3.63, 3.8) is 0 Å². The van der Waals surface area contributed by atoms with Crippen LogP contribution in [0.5, 0.6) is 0 Å². The van der Waals surface area contributed by atoms with E-state index in [1.807, 2.05) is 6.92 Å². The first-order chi connectivity index (χ1) is 9.49. The maximum Gasteiger partial charge on any atom is 0.306 e. The monoisotopic (exact) mass is 300 g/mol. The molecule has 7 heteroatoms. The van der Waals surface area contributed by atoms with Gasteiger partial charge < -0.3 is 14.9 Å². The molecule has 0 radical (unpaired) electrons. The van der Waals surface area contributed by atoms with Crippen LogP contribution in [-0.2, 0) is 9.59 Å². The van der Waals surface area contributed by atoms with Gasteiger partial charge in [0, 0.05) is 37.8 Å². The Hall–Kier alpha value is -1.24. The number of carboxylic acid groups (broad SMARTS) is 1. The first kappa shape index (κ1) is 15.2. The molecule has 2 rings (SSSR count). The molecule has 0 aromatic heterocycles. The third-order valence-electron chi connectivity index (χ3n) is 3.99. The maximum absolute atomic E-state index is 12.2. The molecule has 2 aliphatic heterocycles. The molecule has 0 bridgehead atoms. The lowest BCUT2D eigenvalue weighted by atomic mass is 9.91. The van der Waals surface area contributed by atoms with Crippen molar-refractivity contribution in [2.75, 3.05) is 25.4 Å². The molecule has 2 saturated heterocycles. The molecule has 0 aromatic rings. The fourth-order valence-corrected chi connectivity index (χ4v) is 3.62. The lowest BCUT2D eigenvalue weighted by molar-refractivity contribution is -0.147. The minimum atomic E-state index is -0.774. The Bertz CT molecular complexity index is 415. The van der Waals surface area contributed by atoms with Gasteiger partial charge in [-0.15, -0.1) is 0 Å². The summed E-state index contributed by atoms with van der Waals surface area (Å²) in [5.41, 5.74) is 0. The van der Waals surface area contributed by atoms with Crippen molar-refractivity contribution >= 4 is 28.9 Å². The SMILES string of the molecule is CC1CC(C(=O)O)CCN1C(=O)CCN1CCSC1=O. The smallest absolute Gasteiger partial charge is 0.306 e. The predicted octanol–water partition coefficient (Wildman–Crippen LogP) is 1.26. The first-order valence-electron chi connectivity index (χ1n) is 6.93. The zero-order chi connectivity index (χ0) is 14.7. The molecule has 2 amide bonds. The number of rotatable bonds is 4. The van der Waals surface area contributed by atoms with Crippen LogP contribution in [0.1, 0.15) is 26.2 Å². The van der Waals surface area contributed by atoms with Gasteiger partial charge in [0.15, 0.2) is 0 Å². The van der Waals surface area contributed by atoms with E-state index in [-0.39, 0.29) is 23.1 Å². The Morgan fingerprint density at radius 1 is 1.40 bits per heavy atom. The highest BCUT2D eigenvalue weighted by molar-refractivity contribution is 8.13. The molecule has 6 nitrogen and oxygen atoms in total. The standard InChI is InChI=1S/C13H20N2O4S/c1-9-8-10(12(17)18)2-5-15(9)11(16)3-4-14-6-7-20-13(14)19/h9-10H,2-8H2,1H3,(H,17,18). The average molecular weight is 300 g/mol. The number of carboxylic acids is 1. The second kappa shape index (κ2) is 6.47. The largest absolute Gasteiger partial charge is 0.481 e.